The van der Waals surface area contributed by atoms with Crippen LogP contribution < -0.4 is 19.5 Å². The zero-order valence-corrected chi connectivity index (χ0v) is 12.3. The van der Waals surface area contributed by atoms with Crippen LogP contribution in [0.2, 0.25) is 0 Å². The van der Waals surface area contributed by atoms with Gasteiger partial charge in [0.15, 0.2) is 11.5 Å². The van der Waals surface area contributed by atoms with Crippen LogP contribution in [0, 0.1) is 6.92 Å². The molecule has 0 unspecified atom stereocenters. The lowest BCUT2D eigenvalue weighted by atomic mass is 10.1. The zero-order valence-electron chi connectivity index (χ0n) is 12.3. The maximum atomic E-state index is 5.50. The molecule has 0 aliphatic carbocycles. The molecule has 0 saturated heterocycles. The van der Waals surface area contributed by atoms with Gasteiger partial charge in [-0.1, -0.05) is 24.3 Å². The van der Waals surface area contributed by atoms with Crippen molar-refractivity contribution in [2.45, 2.75) is 20.0 Å². The summed E-state index contributed by atoms with van der Waals surface area (Å²) in [4.78, 5) is 0. The van der Waals surface area contributed by atoms with Crippen LogP contribution in [0.4, 0.5) is 0 Å². The number of para-hydroxylation sites is 1. The van der Waals surface area contributed by atoms with Gasteiger partial charge in [0.2, 0.25) is 6.79 Å². The number of hydrogen-bond acceptors (Lipinski definition) is 4. The summed E-state index contributed by atoms with van der Waals surface area (Å²) in [7, 11) is 1.69. The van der Waals surface area contributed by atoms with E-state index in [4.69, 9.17) is 14.2 Å². The smallest absolute Gasteiger partial charge is 0.231 e. The fourth-order valence-electron chi connectivity index (χ4n) is 2.52. The molecule has 0 saturated carbocycles. The first-order valence-corrected chi connectivity index (χ1v) is 6.99. The number of methoxy groups -OCH3 is 1. The SMILES string of the molecule is COc1ccc(CNCc2cccc3c2OCO3)cc1C. The van der Waals surface area contributed by atoms with E-state index in [0.29, 0.717) is 6.79 Å². The highest BCUT2D eigenvalue weighted by atomic mass is 16.7. The van der Waals surface area contributed by atoms with E-state index in [1.165, 1.54) is 5.56 Å². The summed E-state index contributed by atoms with van der Waals surface area (Å²) in [6.45, 7) is 3.91. The second-order valence-electron chi connectivity index (χ2n) is 5.06. The van der Waals surface area contributed by atoms with Crippen molar-refractivity contribution in [1.29, 1.82) is 0 Å². The molecule has 110 valence electrons. The number of nitrogens with one attached hydrogen (secondary N) is 1. The molecule has 0 fully saturated rings. The minimum Gasteiger partial charge on any atom is -0.496 e. The van der Waals surface area contributed by atoms with E-state index in [0.717, 1.165) is 41.5 Å². The predicted molar refractivity (Wildman–Crippen MR) is 80.8 cm³/mol. The zero-order chi connectivity index (χ0) is 14.7. The third-order valence-corrected chi connectivity index (χ3v) is 3.58. The number of benzene rings is 2. The molecule has 0 aromatic heterocycles. The summed E-state index contributed by atoms with van der Waals surface area (Å²) in [6, 6.07) is 12.2. The van der Waals surface area contributed by atoms with Crippen molar-refractivity contribution >= 4 is 0 Å². The van der Waals surface area contributed by atoms with Crippen molar-refractivity contribution in [3.8, 4) is 17.2 Å². The van der Waals surface area contributed by atoms with E-state index < -0.39 is 0 Å². The molecule has 1 N–H and O–H groups in total. The highest BCUT2D eigenvalue weighted by Crippen LogP contribution is 2.35. The van der Waals surface area contributed by atoms with Gasteiger partial charge >= 0.3 is 0 Å². The normalized spacial score (nSPS) is 12.5. The summed E-state index contributed by atoms with van der Waals surface area (Å²) in [5.41, 5.74) is 3.50. The lowest BCUT2D eigenvalue weighted by molar-refractivity contribution is 0.173. The van der Waals surface area contributed by atoms with Gasteiger partial charge in [0.05, 0.1) is 7.11 Å². The van der Waals surface area contributed by atoms with Crippen LogP contribution >= 0.6 is 0 Å². The molecular weight excluding hydrogens is 266 g/mol. The standard InChI is InChI=1S/C17H19NO3/c1-12-8-13(6-7-15(12)19-2)9-18-10-14-4-3-5-16-17(14)21-11-20-16/h3-8,18H,9-11H2,1-2H3. The van der Waals surface area contributed by atoms with Gasteiger partial charge in [-0.3, -0.25) is 0 Å². The van der Waals surface area contributed by atoms with Crippen LogP contribution in [-0.2, 0) is 13.1 Å². The average molecular weight is 285 g/mol. The average Bonchev–Trinajstić information content (AvgIpc) is 2.97. The van der Waals surface area contributed by atoms with Crippen molar-refractivity contribution in [3.05, 3.63) is 53.1 Å². The Labute approximate surface area is 124 Å². The molecule has 0 amide bonds. The van der Waals surface area contributed by atoms with Crippen molar-refractivity contribution in [2.24, 2.45) is 0 Å². The van der Waals surface area contributed by atoms with Gasteiger partial charge in [-0.05, 0) is 30.2 Å². The van der Waals surface area contributed by atoms with E-state index in [9.17, 15) is 0 Å². The van der Waals surface area contributed by atoms with Gasteiger partial charge in [-0.25, -0.2) is 0 Å². The van der Waals surface area contributed by atoms with Gasteiger partial charge in [0.25, 0.3) is 0 Å². The van der Waals surface area contributed by atoms with E-state index in [-0.39, 0.29) is 0 Å². The lowest BCUT2D eigenvalue weighted by Crippen LogP contribution is -2.13. The van der Waals surface area contributed by atoms with Gasteiger partial charge < -0.3 is 19.5 Å². The first-order chi connectivity index (χ1) is 10.3. The Bertz CT molecular complexity index is 640. The summed E-state index contributed by atoms with van der Waals surface area (Å²) in [5, 5.41) is 3.44. The lowest BCUT2D eigenvalue weighted by Gasteiger charge is -2.10. The van der Waals surface area contributed by atoms with Crippen LogP contribution in [0.1, 0.15) is 16.7 Å². The van der Waals surface area contributed by atoms with E-state index >= 15 is 0 Å². The maximum absolute atomic E-state index is 5.50. The maximum Gasteiger partial charge on any atom is 0.231 e. The molecule has 21 heavy (non-hydrogen) atoms. The van der Waals surface area contributed by atoms with Crippen molar-refractivity contribution < 1.29 is 14.2 Å². The van der Waals surface area contributed by atoms with Gasteiger partial charge in [0, 0.05) is 18.7 Å². The van der Waals surface area contributed by atoms with Gasteiger partial charge in [-0.15, -0.1) is 0 Å². The molecule has 2 aromatic carbocycles. The fraction of sp³-hybridized carbons (Fsp3) is 0.294. The van der Waals surface area contributed by atoms with E-state index in [1.807, 2.05) is 18.2 Å². The quantitative estimate of drug-likeness (QED) is 0.916. The van der Waals surface area contributed by atoms with Gasteiger partial charge in [0.1, 0.15) is 5.75 Å². The number of fused-ring (bicyclic) bond motifs is 1. The topological polar surface area (TPSA) is 39.7 Å². The second kappa shape index (κ2) is 6.06. The first kappa shape index (κ1) is 13.8. The van der Waals surface area contributed by atoms with Crippen LogP contribution in [0.15, 0.2) is 36.4 Å². The van der Waals surface area contributed by atoms with E-state index in [2.05, 4.69) is 30.4 Å². The predicted octanol–water partition coefficient (Wildman–Crippen LogP) is 3.02. The summed E-state index contributed by atoms with van der Waals surface area (Å²) < 4.78 is 16.2. The molecule has 3 rings (SSSR count). The van der Waals surface area contributed by atoms with Gasteiger partial charge in [-0.2, -0.15) is 0 Å². The Balaban J connectivity index is 1.62. The van der Waals surface area contributed by atoms with E-state index in [1.54, 1.807) is 7.11 Å². The Hall–Kier alpha value is -2.20. The molecular formula is C17H19NO3. The fourth-order valence-corrected chi connectivity index (χ4v) is 2.52. The number of aryl methyl sites for hydroxylation is 1. The highest BCUT2D eigenvalue weighted by Gasteiger charge is 2.16. The highest BCUT2D eigenvalue weighted by molar-refractivity contribution is 5.48. The van der Waals surface area contributed by atoms with Crippen molar-refractivity contribution in [3.63, 3.8) is 0 Å². The summed E-state index contributed by atoms with van der Waals surface area (Å²) >= 11 is 0. The third-order valence-electron chi connectivity index (χ3n) is 3.58. The Morgan fingerprint density at radius 2 is 2.05 bits per heavy atom. The molecule has 0 radical (unpaired) electrons. The van der Waals surface area contributed by atoms with Crippen LogP contribution in [0.3, 0.4) is 0 Å². The second-order valence-corrected chi connectivity index (χ2v) is 5.06. The Morgan fingerprint density at radius 1 is 1.14 bits per heavy atom. The molecule has 1 aliphatic heterocycles. The molecule has 0 atom stereocenters. The molecule has 1 heterocycles. The molecule has 0 bridgehead atoms. The number of rotatable bonds is 5. The monoisotopic (exact) mass is 285 g/mol. The Kier molecular flexibility index (Phi) is 3.97. The number of ether oxygens (including phenoxy) is 3. The first-order valence-electron chi connectivity index (χ1n) is 6.99. The van der Waals surface area contributed by atoms with Crippen molar-refractivity contribution in [1.82, 2.24) is 5.32 Å². The molecule has 4 heteroatoms. The van der Waals surface area contributed by atoms with Crippen LogP contribution in [0.25, 0.3) is 0 Å². The number of hydrogen-bond donors (Lipinski definition) is 1. The molecule has 0 spiro atoms. The summed E-state index contributed by atoms with van der Waals surface area (Å²) in [6.07, 6.45) is 0. The molecule has 1 aliphatic rings. The van der Waals surface area contributed by atoms with Crippen LogP contribution in [0.5, 0.6) is 17.2 Å². The summed E-state index contributed by atoms with van der Waals surface area (Å²) in [5.74, 6) is 2.61. The minimum atomic E-state index is 0.310. The molecule has 4 nitrogen and oxygen atoms in total. The minimum absolute atomic E-state index is 0.310. The molecule has 2 aromatic rings. The Morgan fingerprint density at radius 3 is 2.86 bits per heavy atom. The largest absolute Gasteiger partial charge is 0.496 e. The van der Waals surface area contributed by atoms with Crippen LogP contribution in [-0.4, -0.2) is 13.9 Å². The third kappa shape index (κ3) is 2.95. The van der Waals surface area contributed by atoms with Crippen molar-refractivity contribution in [2.75, 3.05) is 13.9 Å².